The first-order valence-corrected chi connectivity index (χ1v) is 5.62. The molecule has 7 heteroatoms. The predicted octanol–water partition coefficient (Wildman–Crippen LogP) is -1.98. The van der Waals surface area contributed by atoms with Crippen LogP contribution in [0.25, 0.3) is 0 Å². The number of rotatable bonds is 2. The molecule has 0 aliphatic carbocycles. The molecule has 0 bridgehead atoms. The molecule has 3 atom stereocenters. The normalized spacial score (nSPS) is 33.7. The average molecular weight is 244 g/mol. The summed E-state index contributed by atoms with van der Waals surface area (Å²) in [6.45, 7) is 1.45. The summed E-state index contributed by atoms with van der Waals surface area (Å²) >= 11 is 0. The molecule has 2 rings (SSSR count). The quantitative estimate of drug-likeness (QED) is 0.520. The van der Waals surface area contributed by atoms with E-state index in [1.165, 1.54) is 4.90 Å². The number of aliphatic carboxylic acids is 1. The van der Waals surface area contributed by atoms with Crippen LogP contribution in [0.3, 0.4) is 0 Å². The Morgan fingerprint density at radius 3 is 2.76 bits per heavy atom. The topological polar surface area (TPSA) is 99.1 Å². The lowest BCUT2D eigenvalue weighted by Gasteiger charge is -2.29. The highest BCUT2D eigenvalue weighted by Gasteiger charge is 2.41. The van der Waals surface area contributed by atoms with Gasteiger partial charge in [-0.3, -0.25) is 4.79 Å². The van der Waals surface area contributed by atoms with Gasteiger partial charge in [0.25, 0.3) is 0 Å². The van der Waals surface area contributed by atoms with Gasteiger partial charge in [-0.25, -0.2) is 4.79 Å². The first kappa shape index (κ1) is 12.3. The van der Waals surface area contributed by atoms with Gasteiger partial charge in [0.15, 0.2) is 0 Å². The Bertz CT molecular complexity index is 316. The lowest BCUT2D eigenvalue weighted by Crippen LogP contribution is -2.54. The zero-order valence-electron chi connectivity index (χ0n) is 9.33. The van der Waals surface area contributed by atoms with E-state index in [-0.39, 0.29) is 25.5 Å². The van der Waals surface area contributed by atoms with Crippen LogP contribution in [0.4, 0.5) is 0 Å². The van der Waals surface area contributed by atoms with Gasteiger partial charge in [-0.1, -0.05) is 0 Å². The summed E-state index contributed by atoms with van der Waals surface area (Å²) in [5.74, 6) is -1.39. The van der Waals surface area contributed by atoms with Gasteiger partial charge in [-0.15, -0.1) is 0 Å². The Labute approximate surface area is 98.3 Å². The summed E-state index contributed by atoms with van der Waals surface area (Å²) < 4.78 is 5.17. The van der Waals surface area contributed by atoms with Gasteiger partial charge in [0.1, 0.15) is 12.1 Å². The van der Waals surface area contributed by atoms with E-state index < -0.39 is 24.2 Å². The van der Waals surface area contributed by atoms with E-state index in [0.29, 0.717) is 13.2 Å². The first-order chi connectivity index (χ1) is 8.09. The van der Waals surface area contributed by atoms with Crippen LogP contribution in [-0.2, 0) is 14.3 Å². The molecule has 0 radical (unpaired) electrons. The van der Waals surface area contributed by atoms with Crippen molar-refractivity contribution in [1.29, 1.82) is 0 Å². The molecule has 3 N–H and O–H groups in total. The molecule has 1 amide bonds. The number of nitrogens with one attached hydrogen (secondary N) is 1. The molecular weight excluding hydrogens is 228 g/mol. The van der Waals surface area contributed by atoms with Crippen molar-refractivity contribution in [3.8, 4) is 0 Å². The van der Waals surface area contributed by atoms with Crippen molar-refractivity contribution in [2.45, 2.75) is 24.6 Å². The number of ether oxygens (including phenoxy) is 1. The van der Waals surface area contributed by atoms with Gasteiger partial charge in [-0.2, -0.15) is 0 Å². The Kier molecular flexibility index (Phi) is 3.60. The minimum Gasteiger partial charge on any atom is -0.480 e. The third-order valence-electron chi connectivity index (χ3n) is 3.07. The fourth-order valence-corrected chi connectivity index (χ4v) is 2.22. The number of carboxylic acids is 1. The third kappa shape index (κ3) is 2.56. The number of carboxylic acid groups (broad SMARTS) is 1. The van der Waals surface area contributed by atoms with Crippen LogP contribution >= 0.6 is 0 Å². The lowest BCUT2D eigenvalue weighted by molar-refractivity contribution is -0.150. The van der Waals surface area contributed by atoms with Crippen LogP contribution in [0.15, 0.2) is 0 Å². The zero-order chi connectivity index (χ0) is 12.4. The summed E-state index contributed by atoms with van der Waals surface area (Å²) in [5.41, 5.74) is 0. The molecule has 0 aromatic rings. The molecule has 0 aromatic carbocycles. The summed E-state index contributed by atoms with van der Waals surface area (Å²) in [4.78, 5) is 24.3. The zero-order valence-corrected chi connectivity index (χ0v) is 9.33. The maximum absolute atomic E-state index is 12.1. The van der Waals surface area contributed by atoms with E-state index in [9.17, 15) is 14.7 Å². The molecule has 0 spiro atoms. The van der Waals surface area contributed by atoms with E-state index in [4.69, 9.17) is 9.84 Å². The number of nitrogens with zero attached hydrogens (tertiary/aromatic N) is 1. The third-order valence-corrected chi connectivity index (χ3v) is 3.07. The molecule has 2 aliphatic rings. The number of hydrogen-bond donors (Lipinski definition) is 3. The monoisotopic (exact) mass is 244 g/mol. The number of morpholine rings is 1. The summed E-state index contributed by atoms with van der Waals surface area (Å²) in [6, 6.07) is -1.43. The molecule has 7 nitrogen and oxygen atoms in total. The minimum absolute atomic E-state index is 0.0774. The Morgan fingerprint density at radius 2 is 2.18 bits per heavy atom. The molecule has 2 aliphatic heterocycles. The van der Waals surface area contributed by atoms with Crippen LogP contribution < -0.4 is 5.32 Å². The number of aliphatic hydroxyl groups is 1. The van der Waals surface area contributed by atoms with Gasteiger partial charge >= 0.3 is 5.97 Å². The number of β-amino-alcohol motifs (C(OH)–C–C–N with tert-alkyl or cyclic N) is 1. The van der Waals surface area contributed by atoms with Gasteiger partial charge in [0, 0.05) is 19.5 Å². The second kappa shape index (κ2) is 4.99. The van der Waals surface area contributed by atoms with Crippen LogP contribution in [0.5, 0.6) is 0 Å². The maximum Gasteiger partial charge on any atom is 0.326 e. The maximum atomic E-state index is 12.1. The second-order valence-electron chi connectivity index (χ2n) is 4.32. The van der Waals surface area contributed by atoms with Crippen molar-refractivity contribution in [3.05, 3.63) is 0 Å². The molecule has 2 fully saturated rings. The highest BCUT2D eigenvalue weighted by Crippen LogP contribution is 2.19. The smallest absolute Gasteiger partial charge is 0.326 e. The van der Waals surface area contributed by atoms with Crippen LogP contribution in [0.2, 0.25) is 0 Å². The second-order valence-corrected chi connectivity index (χ2v) is 4.32. The van der Waals surface area contributed by atoms with Gasteiger partial charge in [-0.05, 0) is 0 Å². The van der Waals surface area contributed by atoms with Gasteiger partial charge in [0.2, 0.25) is 5.91 Å². The molecule has 0 saturated carbocycles. The van der Waals surface area contributed by atoms with Crippen molar-refractivity contribution >= 4 is 11.9 Å². The highest BCUT2D eigenvalue weighted by atomic mass is 16.5. The number of hydrogen-bond acceptors (Lipinski definition) is 5. The number of carbonyl (C=O) groups excluding carboxylic acids is 1. The highest BCUT2D eigenvalue weighted by molar-refractivity contribution is 5.87. The minimum atomic E-state index is -1.08. The number of aliphatic hydroxyl groups excluding tert-OH is 1. The number of likely N-dealkylation sites (tertiary alicyclic amines) is 1. The van der Waals surface area contributed by atoms with Crippen molar-refractivity contribution < 1.29 is 24.5 Å². The molecule has 17 heavy (non-hydrogen) atoms. The van der Waals surface area contributed by atoms with Crippen molar-refractivity contribution in [2.75, 3.05) is 26.3 Å². The van der Waals surface area contributed by atoms with Gasteiger partial charge < -0.3 is 25.2 Å². The molecule has 2 unspecified atom stereocenters. The van der Waals surface area contributed by atoms with E-state index in [1.807, 2.05) is 0 Å². The summed E-state index contributed by atoms with van der Waals surface area (Å²) in [6.07, 6.45) is -0.668. The van der Waals surface area contributed by atoms with E-state index in [1.54, 1.807) is 0 Å². The number of amides is 1. The van der Waals surface area contributed by atoms with E-state index in [0.717, 1.165) is 0 Å². The Balaban J connectivity index is 2.04. The van der Waals surface area contributed by atoms with Crippen LogP contribution in [0, 0.1) is 0 Å². The van der Waals surface area contributed by atoms with Crippen molar-refractivity contribution in [1.82, 2.24) is 10.2 Å². The molecule has 0 aromatic heterocycles. The fourth-order valence-electron chi connectivity index (χ4n) is 2.22. The number of carbonyl (C=O) groups is 2. The summed E-state index contributed by atoms with van der Waals surface area (Å²) in [7, 11) is 0. The van der Waals surface area contributed by atoms with Crippen LogP contribution in [-0.4, -0.2) is 71.5 Å². The Morgan fingerprint density at radius 1 is 1.41 bits per heavy atom. The molecular formula is C10H16N2O5. The largest absolute Gasteiger partial charge is 0.480 e. The summed E-state index contributed by atoms with van der Waals surface area (Å²) in [5, 5.41) is 21.4. The van der Waals surface area contributed by atoms with Crippen LogP contribution in [0.1, 0.15) is 6.42 Å². The lowest BCUT2D eigenvalue weighted by atomic mass is 10.2. The average Bonchev–Trinajstić information content (AvgIpc) is 2.72. The molecule has 2 heterocycles. The Hall–Kier alpha value is -1.18. The van der Waals surface area contributed by atoms with Crippen molar-refractivity contribution in [3.63, 3.8) is 0 Å². The van der Waals surface area contributed by atoms with E-state index in [2.05, 4.69) is 5.32 Å². The molecule has 2 saturated heterocycles. The fraction of sp³-hybridized carbons (Fsp3) is 0.800. The molecule has 96 valence electrons. The predicted molar refractivity (Wildman–Crippen MR) is 56.4 cm³/mol. The SMILES string of the molecule is O=C(O)[C@@H]1CC(O)CN1C(=O)C1COCCN1. The van der Waals surface area contributed by atoms with Gasteiger partial charge in [0.05, 0.1) is 19.3 Å². The van der Waals surface area contributed by atoms with Crippen molar-refractivity contribution in [2.24, 2.45) is 0 Å². The van der Waals surface area contributed by atoms with E-state index >= 15 is 0 Å². The standard InChI is InChI=1S/C10H16N2O5/c13-6-3-8(10(15)16)12(4-6)9(14)7-5-17-2-1-11-7/h6-8,11,13H,1-5H2,(H,15,16)/t6?,7?,8-/m0/s1. The first-order valence-electron chi connectivity index (χ1n) is 5.62.